The van der Waals surface area contributed by atoms with Crippen LogP contribution in [0.4, 0.5) is 5.69 Å². The average molecular weight is 339 g/mol. The van der Waals surface area contributed by atoms with Crippen molar-refractivity contribution < 1.29 is 4.79 Å². The van der Waals surface area contributed by atoms with Crippen LogP contribution in [0.3, 0.4) is 0 Å². The largest absolute Gasteiger partial charge is 0.325 e. The molecule has 0 aliphatic heterocycles. The molecule has 0 saturated heterocycles. The molecule has 1 N–H and O–H groups in total. The van der Waals surface area contributed by atoms with Gasteiger partial charge in [0.05, 0.1) is 5.75 Å². The van der Waals surface area contributed by atoms with Crippen molar-refractivity contribution in [3.63, 3.8) is 0 Å². The molecule has 22 heavy (non-hydrogen) atoms. The molecule has 0 aliphatic rings. The van der Waals surface area contributed by atoms with E-state index in [0.717, 1.165) is 23.1 Å². The van der Waals surface area contributed by atoms with Gasteiger partial charge in [0, 0.05) is 24.2 Å². The maximum atomic E-state index is 11.9. The van der Waals surface area contributed by atoms with Gasteiger partial charge >= 0.3 is 0 Å². The fourth-order valence-electron chi connectivity index (χ4n) is 1.87. The number of benzene rings is 1. The molecule has 0 saturated carbocycles. The summed E-state index contributed by atoms with van der Waals surface area (Å²) in [4.78, 5) is 11.9. The van der Waals surface area contributed by atoms with Crippen molar-refractivity contribution in [2.24, 2.45) is 13.0 Å². The lowest BCUT2D eigenvalue weighted by Crippen LogP contribution is -2.14. The van der Waals surface area contributed by atoms with Crippen LogP contribution in [0.2, 0.25) is 5.02 Å². The van der Waals surface area contributed by atoms with E-state index < -0.39 is 0 Å². The van der Waals surface area contributed by atoms with E-state index in [4.69, 9.17) is 11.6 Å². The molecule has 5 nitrogen and oxygen atoms in total. The number of aromatic nitrogens is 3. The fourth-order valence-corrected chi connectivity index (χ4v) is 2.73. The monoisotopic (exact) mass is 338 g/mol. The smallest absolute Gasteiger partial charge is 0.234 e. The first-order chi connectivity index (χ1) is 10.5. The molecule has 1 aromatic carbocycles. The Kier molecular flexibility index (Phi) is 5.85. The Morgan fingerprint density at radius 3 is 2.64 bits per heavy atom. The summed E-state index contributed by atoms with van der Waals surface area (Å²) in [5, 5.41) is 12.5. The first-order valence-electron chi connectivity index (χ1n) is 7.02. The number of halogens is 1. The number of carbonyl (C=O) groups excluding carboxylic acids is 1. The van der Waals surface area contributed by atoms with Crippen molar-refractivity contribution in [1.82, 2.24) is 14.8 Å². The van der Waals surface area contributed by atoms with Crippen molar-refractivity contribution in [2.75, 3.05) is 11.1 Å². The SMILES string of the molecule is CC(C)Cc1nnc(SCC(=O)Nc2ccc(Cl)cc2)n1C. The van der Waals surface area contributed by atoms with Crippen LogP contribution >= 0.6 is 23.4 Å². The molecule has 0 spiro atoms. The van der Waals surface area contributed by atoms with Gasteiger partial charge in [0.2, 0.25) is 5.91 Å². The molecular weight excluding hydrogens is 320 g/mol. The minimum Gasteiger partial charge on any atom is -0.325 e. The number of rotatable bonds is 6. The van der Waals surface area contributed by atoms with Gasteiger partial charge in [-0.05, 0) is 30.2 Å². The van der Waals surface area contributed by atoms with E-state index in [-0.39, 0.29) is 11.7 Å². The van der Waals surface area contributed by atoms with E-state index in [1.807, 2.05) is 11.6 Å². The second-order valence-corrected chi connectivity index (χ2v) is 6.78. The fraction of sp³-hybridized carbons (Fsp3) is 0.400. The summed E-state index contributed by atoms with van der Waals surface area (Å²) in [6.45, 7) is 4.28. The van der Waals surface area contributed by atoms with Crippen molar-refractivity contribution in [3.05, 3.63) is 35.1 Å². The number of amides is 1. The van der Waals surface area contributed by atoms with Gasteiger partial charge < -0.3 is 9.88 Å². The first kappa shape index (κ1) is 16.8. The van der Waals surface area contributed by atoms with E-state index in [1.165, 1.54) is 11.8 Å². The lowest BCUT2D eigenvalue weighted by atomic mass is 10.1. The standard InChI is InChI=1S/C15H19ClN4OS/c1-10(2)8-13-18-19-15(20(13)3)22-9-14(21)17-12-6-4-11(16)5-7-12/h4-7,10H,8-9H2,1-3H3,(H,17,21). The van der Waals surface area contributed by atoms with Gasteiger partial charge in [-0.3, -0.25) is 4.79 Å². The van der Waals surface area contributed by atoms with Gasteiger partial charge in [-0.15, -0.1) is 10.2 Å². The van der Waals surface area contributed by atoms with Crippen LogP contribution in [0.1, 0.15) is 19.7 Å². The van der Waals surface area contributed by atoms with E-state index in [1.54, 1.807) is 24.3 Å². The molecule has 1 aromatic heterocycles. The van der Waals surface area contributed by atoms with E-state index in [0.29, 0.717) is 10.9 Å². The van der Waals surface area contributed by atoms with Crippen LogP contribution in [-0.2, 0) is 18.3 Å². The zero-order valence-corrected chi connectivity index (χ0v) is 14.4. The normalized spacial score (nSPS) is 11.0. The van der Waals surface area contributed by atoms with Crippen molar-refractivity contribution >= 4 is 35.0 Å². The molecule has 118 valence electrons. The van der Waals surface area contributed by atoms with Gasteiger partial charge in [-0.25, -0.2) is 0 Å². The lowest BCUT2D eigenvalue weighted by molar-refractivity contribution is -0.113. The van der Waals surface area contributed by atoms with Gasteiger partial charge in [0.1, 0.15) is 5.82 Å². The minimum absolute atomic E-state index is 0.0827. The van der Waals surface area contributed by atoms with Crippen LogP contribution < -0.4 is 5.32 Å². The topological polar surface area (TPSA) is 59.8 Å². The predicted molar refractivity (Wildman–Crippen MR) is 90.4 cm³/mol. The molecule has 0 bridgehead atoms. The van der Waals surface area contributed by atoms with Crippen molar-refractivity contribution in [3.8, 4) is 0 Å². The maximum Gasteiger partial charge on any atom is 0.234 e. The Hall–Kier alpha value is -1.53. The van der Waals surface area contributed by atoms with E-state index in [9.17, 15) is 4.79 Å². The highest BCUT2D eigenvalue weighted by Gasteiger charge is 2.12. The summed E-state index contributed by atoms with van der Waals surface area (Å²) in [6.07, 6.45) is 0.876. The number of carbonyl (C=O) groups is 1. The molecule has 1 heterocycles. The molecule has 0 atom stereocenters. The van der Waals surface area contributed by atoms with Gasteiger partial charge in [-0.2, -0.15) is 0 Å². The zero-order valence-electron chi connectivity index (χ0n) is 12.8. The molecule has 2 aromatic rings. The highest BCUT2D eigenvalue weighted by atomic mass is 35.5. The van der Waals surface area contributed by atoms with Crippen LogP contribution in [-0.4, -0.2) is 26.4 Å². The third kappa shape index (κ3) is 4.74. The second-order valence-electron chi connectivity index (χ2n) is 5.40. The van der Waals surface area contributed by atoms with Crippen LogP contribution in [0.25, 0.3) is 0 Å². The summed E-state index contributed by atoms with van der Waals surface area (Å²) in [5.41, 5.74) is 0.730. The number of nitrogens with one attached hydrogen (secondary N) is 1. The molecule has 1 amide bonds. The second kappa shape index (κ2) is 7.65. The molecule has 0 aliphatic carbocycles. The minimum atomic E-state index is -0.0827. The Bertz CT molecular complexity index is 639. The van der Waals surface area contributed by atoms with Gasteiger partial charge in [-0.1, -0.05) is 37.2 Å². The highest BCUT2D eigenvalue weighted by molar-refractivity contribution is 7.99. The van der Waals surface area contributed by atoms with Crippen LogP contribution in [0, 0.1) is 5.92 Å². The summed E-state index contributed by atoms with van der Waals surface area (Å²) >= 11 is 7.19. The van der Waals surface area contributed by atoms with Gasteiger partial charge in [0.15, 0.2) is 5.16 Å². The molecule has 0 radical (unpaired) electrons. The van der Waals surface area contributed by atoms with Crippen molar-refractivity contribution in [1.29, 1.82) is 0 Å². The first-order valence-corrected chi connectivity index (χ1v) is 8.38. The van der Waals surface area contributed by atoms with Crippen molar-refractivity contribution in [2.45, 2.75) is 25.4 Å². The number of anilines is 1. The number of thioether (sulfide) groups is 1. The van der Waals surface area contributed by atoms with Crippen LogP contribution in [0.15, 0.2) is 29.4 Å². The molecule has 0 unspecified atom stereocenters. The third-order valence-corrected chi connectivity index (χ3v) is 4.25. The average Bonchev–Trinajstić information content (AvgIpc) is 2.80. The number of hydrogen-bond acceptors (Lipinski definition) is 4. The lowest BCUT2D eigenvalue weighted by Gasteiger charge is -2.06. The molecule has 0 fully saturated rings. The highest BCUT2D eigenvalue weighted by Crippen LogP contribution is 2.18. The number of hydrogen-bond donors (Lipinski definition) is 1. The Balaban J connectivity index is 1.88. The molecular formula is C15H19ClN4OS. The van der Waals surface area contributed by atoms with Gasteiger partial charge in [0.25, 0.3) is 0 Å². The summed E-state index contributed by atoms with van der Waals surface area (Å²) in [7, 11) is 1.93. The predicted octanol–water partition coefficient (Wildman–Crippen LogP) is 3.40. The van der Waals surface area contributed by atoms with E-state index in [2.05, 4.69) is 29.4 Å². The molecule has 2 rings (SSSR count). The summed E-state index contributed by atoms with van der Waals surface area (Å²) in [6, 6.07) is 7.03. The Morgan fingerprint density at radius 2 is 2.00 bits per heavy atom. The Morgan fingerprint density at radius 1 is 1.32 bits per heavy atom. The quantitative estimate of drug-likeness (QED) is 0.820. The Labute approximate surface area is 139 Å². The third-order valence-electron chi connectivity index (χ3n) is 2.98. The zero-order chi connectivity index (χ0) is 16.1. The maximum absolute atomic E-state index is 11.9. The summed E-state index contributed by atoms with van der Waals surface area (Å²) < 4.78 is 1.94. The number of nitrogens with zero attached hydrogens (tertiary/aromatic N) is 3. The summed E-state index contributed by atoms with van der Waals surface area (Å²) in [5.74, 6) is 1.67. The van der Waals surface area contributed by atoms with E-state index >= 15 is 0 Å². The van der Waals surface area contributed by atoms with Crippen LogP contribution in [0.5, 0.6) is 0 Å². The molecule has 7 heteroatoms.